The van der Waals surface area contributed by atoms with Gasteiger partial charge in [-0.25, -0.2) is 8.78 Å². The number of hydrogen-bond acceptors (Lipinski definition) is 2. The Kier molecular flexibility index (Phi) is 6.29. The first-order valence-electron chi connectivity index (χ1n) is 4.84. The maximum atomic E-state index is 13.1. The minimum Gasteiger partial charge on any atom is -0.489 e. The van der Waals surface area contributed by atoms with Crippen LogP contribution >= 0.6 is 12.4 Å². The fourth-order valence-corrected chi connectivity index (χ4v) is 0.971. The molecule has 0 bridgehead atoms. The lowest BCUT2D eigenvalue weighted by atomic mass is 10.1. The lowest BCUT2D eigenvalue weighted by Crippen LogP contribution is -2.33. The lowest BCUT2D eigenvalue weighted by molar-refractivity contribution is 0.249. The topological polar surface area (TPSA) is 35.2 Å². The molecule has 1 aromatic rings. The summed E-state index contributed by atoms with van der Waals surface area (Å²) in [6.45, 7) is 4.13. The van der Waals surface area contributed by atoms with Crippen LogP contribution in [0.4, 0.5) is 8.78 Å². The van der Waals surface area contributed by atoms with Crippen LogP contribution in [0.25, 0.3) is 0 Å². The van der Waals surface area contributed by atoms with E-state index in [4.69, 9.17) is 10.5 Å². The number of rotatable bonds is 4. The van der Waals surface area contributed by atoms with E-state index >= 15 is 0 Å². The van der Waals surface area contributed by atoms with Crippen molar-refractivity contribution in [3.63, 3.8) is 0 Å². The molecule has 0 saturated heterocycles. The van der Waals surface area contributed by atoms with Crippen molar-refractivity contribution < 1.29 is 13.5 Å². The molecule has 0 heterocycles. The molecular formula is C11H16ClF2NO. The first-order valence-corrected chi connectivity index (χ1v) is 4.84. The van der Waals surface area contributed by atoms with Gasteiger partial charge in [0.1, 0.15) is 12.4 Å². The molecule has 2 nitrogen and oxygen atoms in total. The van der Waals surface area contributed by atoms with Gasteiger partial charge >= 0.3 is 0 Å². The Hall–Kier alpha value is -0.870. The molecule has 1 atom stereocenters. The highest BCUT2D eigenvalue weighted by atomic mass is 35.5. The summed E-state index contributed by atoms with van der Waals surface area (Å²) >= 11 is 0. The average Bonchev–Trinajstić information content (AvgIpc) is 2.15. The summed E-state index contributed by atoms with van der Waals surface area (Å²) in [6.07, 6.45) is 0. The van der Waals surface area contributed by atoms with Crippen molar-refractivity contribution >= 4 is 12.4 Å². The monoisotopic (exact) mass is 251 g/mol. The van der Waals surface area contributed by atoms with Crippen LogP contribution < -0.4 is 10.5 Å². The molecule has 5 heteroatoms. The van der Waals surface area contributed by atoms with Crippen molar-refractivity contribution in [1.29, 1.82) is 0 Å². The Balaban J connectivity index is 0.00000225. The van der Waals surface area contributed by atoms with Crippen molar-refractivity contribution in [2.75, 3.05) is 6.61 Å². The van der Waals surface area contributed by atoms with Gasteiger partial charge in [0.25, 0.3) is 0 Å². The number of nitrogens with two attached hydrogens (primary N) is 1. The van der Waals surface area contributed by atoms with Gasteiger partial charge in [0.2, 0.25) is 0 Å². The fourth-order valence-electron chi connectivity index (χ4n) is 0.971. The highest BCUT2D eigenvalue weighted by Crippen LogP contribution is 2.17. The predicted octanol–water partition coefficient (Wildman–Crippen LogP) is 2.75. The van der Waals surface area contributed by atoms with Gasteiger partial charge in [-0.1, -0.05) is 13.8 Å². The van der Waals surface area contributed by atoms with Gasteiger partial charge in [-0.3, -0.25) is 0 Å². The number of halogens is 3. The molecule has 0 aliphatic carbocycles. The molecule has 0 aromatic heterocycles. The molecule has 0 amide bonds. The molecule has 1 aromatic carbocycles. The summed E-state index contributed by atoms with van der Waals surface area (Å²) in [5, 5.41) is 0. The summed E-state index contributed by atoms with van der Waals surface area (Å²) in [7, 11) is 0. The Bertz CT molecular complexity index is 334. The summed E-state index contributed by atoms with van der Waals surface area (Å²) < 4.78 is 30.8. The highest BCUT2D eigenvalue weighted by Gasteiger charge is 2.10. The number of ether oxygens (including phenoxy) is 1. The molecule has 92 valence electrons. The van der Waals surface area contributed by atoms with E-state index in [9.17, 15) is 8.78 Å². The van der Waals surface area contributed by atoms with Gasteiger partial charge in [-0.05, 0) is 18.1 Å². The van der Waals surface area contributed by atoms with Crippen molar-refractivity contribution in [2.24, 2.45) is 11.7 Å². The third kappa shape index (κ3) is 4.33. The SMILES string of the molecule is CC(C)C(N)COc1ccc(F)cc1F.Cl. The fraction of sp³-hybridized carbons (Fsp3) is 0.455. The Morgan fingerprint density at radius 2 is 1.94 bits per heavy atom. The van der Waals surface area contributed by atoms with Crippen LogP contribution in [0.5, 0.6) is 5.75 Å². The normalized spacial score (nSPS) is 12.1. The second kappa shape index (κ2) is 6.66. The van der Waals surface area contributed by atoms with Gasteiger partial charge in [0.15, 0.2) is 11.6 Å². The summed E-state index contributed by atoms with van der Waals surface area (Å²) in [6, 6.07) is 3.04. The molecular weight excluding hydrogens is 236 g/mol. The van der Waals surface area contributed by atoms with Gasteiger partial charge in [-0.2, -0.15) is 0 Å². The molecule has 0 fully saturated rings. The van der Waals surface area contributed by atoms with E-state index < -0.39 is 11.6 Å². The standard InChI is InChI=1S/C11H15F2NO.ClH/c1-7(2)10(14)6-15-11-4-3-8(12)5-9(11)13;/h3-5,7,10H,6,14H2,1-2H3;1H. The van der Waals surface area contributed by atoms with Crippen LogP contribution in [0.1, 0.15) is 13.8 Å². The van der Waals surface area contributed by atoms with E-state index in [0.717, 1.165) is 12.1 Å². The maximum absolute atomic E-state index is 13.1. The van der Waals surface area contributed by atoms with Gasteiger partial charge in [0, 0.05) is 12.1 Å². The zero-order chi connectivity index (χ0) is 11.4. The quantitative estimate of drug-likeness (QED) is 0.893. The minimum atomic E-state index is -0.703. The zero-order valence-corrected chi connectivity index (χ0v) is 10.1. The van der Waals surface area contributed by atoms with Crippen LogP contribution in [-0.4, -0.2) is 12.6 Å². The van der Waals surface area contributed by atoms with Crippen molar-refractivity contribution in [2.45, 2.75) is 19.9 Å². The van der Waals surface area contributed by atoms with E-state index in [1.54, 1.807) is 0 Å². The van der Waals surface area contributed by atoms with Crippen molar-refractivity contribution in [3.05, 3.63) is 29.8 Å². The molecule has 0 saturated carbocycles. The molecule has 1 rings (SSSR count). The summed E-state index contributed by atoms with van der Waals surface area (Å²) in [5.74, 6) is -1.03. The highest BCUT2D eigenvalue weighted by molar-refractivity contribution is 5.85. The van der Waals surface area contributed by atoms with E-state index in [2.05, 4.69) is 0 Å². The third-order valence-corrected chi connectivity index (χ3v) is 2.18. The number of hydrogen-bond donors (Lipinski definition) is 1. The predicted molar refractivity (Wildman–Crippen MR) is 61.9 cm³/mol. The summed E-state index contributed by atoms with van der Waals surface area (Å²) in [4.78, 5) is 0. The third-order valence-electron chi connectivity index (χ3n) is 2.18. The molecule has 0 aliphatic rings. The second-order valence-corrected chi connectivity index (χ2v) is 3.79. The molecule has 2 N–H and O–H groups in total. The Morgan fingerprint density at radius 1 is 1.31 bits per heavy atom. The van der Waals surface area contributed by atoms with Crippen LogP contribution in [0.3, 0.4) is 0 Å². The van der Waals surface area contributed by atoms with E-state index in [1.165, 1.54) is 6.07 Å². The van der Waals surface area contributed by atoms with Gasteiger partial charge in [0.05, 0.1) is 0 Å². The van der Waals surface area contributed by atoms with Crippen LogP contribution in [-0.2, 0) is 0 Å². The van der Waals surface area contributed by atoms with E-state index in [0.29, 0.717) is 0 Å². The Labute approximate surface area is 100 Å². The summed E-state index contributed by atoms with van der Waals surface area (Å²) in [5.41, 5.74) is 5.72. The first-order chi connectivity index (χ1) is 7.00. The first kappa shape index (κ1) is 15.1. The van der Waals surface area contributed by atoms with Crippen LogP contribution in [0, 0.1) is 17.6 Å². The lowest BCUT2D eigenvalue weighted by Gasteiger charge is -2.16. The number of benzene rings is 1. The van der Waals surface area contributed by atoms with Gasteiger partial charge in [-0.15, -0.1) is 12.4 Å². The molecule has 16 heavy (non-hydrogen) atoms. The zero-order valence-electron chi connectivity index (χ0n) is 9.24. The van der Waals surface area contributed by atoms with E-state index in [-0.39, 0.29) is 36.7 Å². The molecule has 0 spiro atoms. The molecule has 1 unspecified atom stereocenters. The van der Waals surface area contributed by atoms with Crippen LogP contribution in [0.15, 0.2) is 18.2 Å². The molecule has 0 aliphatic heterocycles. The minimum absolute atomic E-state index is 0. The Morgan fingerprint density at radius 3 is 2.44 bits per heavy atom. The average molecular weight is 252 g/mol. The van der Waals surface area contributed by atoms with Crippen LogP contribution in [0.2, 0.25) is 0 Å². The molecule has 0 radical (unpaired) electrons. The van der Waals surface area contributed by atoms with Gasteiger partial charge < -0.3 is 10.5 Å². The second-order valence-electron chi connectivity index (χ2n) is 3.79. The van der Waals surface area contributed by atoms with Crippen molar-refractivity contribution in [3.8, 4) is 5.75 Å². The largest absolute Gasteiger partial charge is 0.489 e. The smallest absolute Gasteiger partial charge is 0.167 e. The van der Waals surface area contributed by atoms with Crippen molar-refractivity contribution in [1.82, 2.24) is 0 Å². The van der Waals surface area contributed by atoms with E-state index in [1.807, 2.05) is 13.8 Å². The maximum Gasteiger partial charge on any atom is 0.167 e.